The van der Waals surface area contributed by atoms with E-state index in [0.717, 1.165) is 12.8 Å². The van der Waals surface area contributed by atoms with E-state index >= 15 is 0 Å². The molecule has 84 valence electrons. The third kappa shape index (κ3) is 4.39. The highest BCUT2D eigenvalue weighted by Gasteiger charge is 2.03. The zero-order valence-electron chi connectivity index (χ0n) is 8.70. The maximum Gasteiger partial charge on any atom is 0.252 e. The largest absolute Gasteiger partial charge is 0.352 e. The Bertz CT molecular complexity index is 373. The molecule has 1 heterocycles. The van der Waals surface area contributed by atoms with Crippen molar-refractivity contribution >= 4 is 5.91 Å². The topological polar surface area (TPSA) is 104 Å². The molecule has 1 aromatic rings. The van der Waals surface area contributed by atoms with Crippen LogP contribution in [0.25, 0.3) is 10.4 Å². The Morgan fingerprint density at radius 3 is 3.06 bits per heavy atom. The van der Waals surface area contributed by atoms with Crippen LogP contribution < -0.4 is 5.32 Å². The van der Waals surface area contributed by atoms with Crippen LogP contribution in [0.3, 0.4) is 0 Å². The summed E-state index contributed by atoms with van der Waals surface area (Å²) in [5, 5.41) is 13.3. The molecule has 0 saturated heterocycles. The number of amides is 1. The fraction of sp³-hybridized carbons (Fsp3) is 0.444. The number of unbranched alkanes of at least 4 members (excludes halogenated alkanes) is 1. The molecule has 7 heteroatoms. The van der Waals surface area contributed by atoms with Gasteiger partial charge in [0.05, 0.1) is 18.0 Å². The minimum Gasteiger partial charge on any atom is -0.352 e. The van der Waals surface area contributed by atoms with Gasteiger partial charge in [-0.15, -0.1) is 0 Å². The smallest absolute Gasteiger partial charge is 0.252 e. The van der Waals surface area contributed by atoms with Crippen molar-refractivity contribution in [1.29, 1.82) is 0 Å². The van der Waals surface area contributed by atoms with Crippen LogP contribution >= 0.6 is 0 Å². The number of hydrogen-bond acceptors (Lipinski definition) is 4. The molecule has 0 aliphatic carbocycles. The van der Waals surface area contributed by atoms with Gasteiger partial charge in [-0.3, -0.25) is 4.79 Å². The van der Waals surface area contributed by atoms with Gasteiger partial charge in [-0.25, -0.2) is 0 Å². The van der Waals surface area contributed by atoms with Gasteiger partial charge in [0.25, 0.3) is 5.91 Å². The first-order valence-electron chi connectivity index (χ1n) is 4.90. The van der Waals surface area contributed by atoms with Gasteiger partial charge in [-0.1, -0.05) is 5.11 Å². The van der Waals surface area contributed by atoms with Crippen molar-refractivity contribution in [3.05, 3.63) is 34.5 Å². The molecule has 1 N–H and O–H groups in total. The number of nitrogens with zero attached hydrogens (tertiary/aromatic N) is 5. The van der Waals surface area contributed by atoms with E-state index in [4.69, 9.17) is 5.53 Å². The lowest BCUT2D eigenvalue weighted by Gasteiger charge is -2.03. The number of carbonyl (C=O) groups is 1. The Labute approximate surface area is 92.5 Å². The van der Waals surface area contributed by atoms with E-state index in [9.17, 15) is 4.79 Å². The van der Waals surface area contributed by atoms with Gasteiger partial charge in [0.1, 0.15) is 0 Å². The van der Waals surface area contributed by atoms with E-state index in [1.165, 1.54) is 12.4 Å². The molecule has 1 aromatic heterocycles. The van der Waals surface area contributed by atoms with E-state index in [0.29, 0.717) is 18.7 Å². The predicted octanol–water partition coefficient (Wildman–Crippen LogP) is 1.30. The summed E-state index contributed by atoms with van der Waals surface area (Å²) in [5.41, 5.74) is 8.53. The van der Waals surface area contributed by atoms with Crippen LogP contribution in [0.5, 0.6) is 0 Å². The number of rotatable bonds is 6. The SMILES string of the molecule is [N-]=[N+]=NCCCCNC(=O)c1ccnnc1. The van der Waals surface area contributed by atoms with Crippen LogP contribution in [0.2, 0.25) is 0 Å². The number of azide groups is 1. The molecule has 0 aliphatic heterocycles. The minimum atomic E-state index is -0.168. The Balaban J connectivity index is 2.18. The summed E-state index contributed by atoms with van der Waals surface area (Å²) in [6.07, 6.45) is 4.42. The molecule has 1 rings (SSSR count). The monoisotopic (exact) mass is 220 g/mol. The maximum atomic E-state index is 11.5. The summed E-state index contributed by atoms with van der Waals surface area (Å²) < 4.78 is 0. The van der Waals surface area contributed by atoms with Crippen molar-refractivity contribution in [3.63, 3.8) is 0 Å². The van der Waals surface area contributed by atoms with Crippen LogP contribution in [-0.4, -0.2) is 29.2 Å². The number of hydrogen-bond donors (Lipinski definition) is 1. The first-order valence-corrected chi connectivity index (χ1v) is 4.90. The summed E-state index contributed by atoms with van der Waals surface area (Å²) in [4.78, 5) is 14.1. The Kier molecular flexibility index (Phi) is 5.36. The third-order valence-corrected chi connectivity index (χ3v) is 1.88. The Hall–Kier alpha value is -2.14. The van der Waals surface area contributed by atoms with Crippen LogP contribution in [0.1, 0.15) is 23.2 Å². The van der Waals surface area contributed by atoms with Gasteiger partial charge < -0.3 is 5.32 Å². The normalized spacial score (nSPS) is 9.25. The van der Waals surface area contributed by atoms with Crippen molar-refractivity contribution in [2.45, 2.75) is 12.8 Å². The minimum absolute atomic E-state index is 0.168. The summed E-state index contributed by atoms with van der Waals surface area (Å²) in [6.45, 7) is 1.02. The van der Waals surface area contributed by atoms with Crippen molar-refractivity contribution in [1.82, 2.24) is 15.5 Å². The molecule has 7 nitrogen and oxygen atoms in total. The highest BCUT2D eigenvalue weighted by molar-refractivity contribution is 5.93. The summed E-state index contributed by atoms with van der Waals surface area (Å²) in [6, 6.07) is 1.60. The van der Waals surface area contributed by atoms with E-state index in [2.05, 4.69) is 25.5 Å². The zero-order chi connectivity index (χ0) is 11.6. The molecule has 1 amide bonds. The van der Waals surface area contributed by atoms with E-state index in [1.807, 2.05) is 0 Å². The zero-order valence-corrected chi connectivity index (χ0v) is 8.70. The van der Waals surface area contributed by atoms with E-state index in [1.54, 1.807) is 6.07 Å². The van der Waals surface area contributed by atoms with Crippen LogP contribution in [0.4, 0.5) is 0 Å². The molecule has 0 spiro atoms. The van der Waals surface area contributed by atoms with Crippen LogP contribution in [0, 0.1) is 0 Å². The van der Waals surface area contributed by atoms with Gasteiger partial charge in [0, 0.05) is 18.0 Å². The highest BCUT2D eigenvalue weighted by Crippen LogP contribution is 1.94. The van der Waals surface area contributed by atoms with E-state index in [-0.39, 0.29) is 5.91 Å². The average Bonchev–Trinajstić information content (AvgIpc) is 2.34. The molecular weight excluding hydrogens is 208 g/mol. The molecule has 0 atom stereocenters. The van der Waals surface area contributed by atoms with Gasteiger partial charge in [-0.2, -0.15) is 10.2 Å². The molecule has 0 saturated carbocycles. The lowest BCUT2D eigenvalue weighted by atomic mass is 10.2. The summed E-state index contributed by atoms with van der Waals surface area (Å²) >= 11 is 0. The van der Waals surface area contributed by atoms with Crippen LogP contribution in [0.15, 0.2) is 23.6 Å². The third-order valence-electron chi connectivity index (χ3n) is 1.88. The number of carbonyl (C=O) groups excluding carboxylic acids is 1. The van der Waals surface area contributed by atoms with Crippen molar-refractivity contribution in [3.8, 4) is 0 Å². The standard InChI is InChI=1S/C9H12N6O/c10-15-13-5-2-1-4-11-9(16)8-3-6-12-14-7-8/h3,6-7H,1-2,4-5H2,(H,11,16). The molecule has 0 aromatic carbocycles. The molecule has 0 unspecified atom stereocenters. The first kappa shape index (κ1) is 11.9. The fourth-order valence-electron chi connectivity index (χ4n) is 1.08. The molecule has 0 bridgehead atoms. The lowest BCUT2D eigenvalue weighted by Crippen LogP contribution is -2.24. The van der Waals surface area contributed by atoms with Crippen molar-refractivity contribution in [2.75, 3.05) is 13.1 Å². The van der Waals surface area contributed by atoms with Gasteiger partial charge in [-0.05, 0) is 24.4 Å². The quantitative estimate of drug-likeness (QED) is 0.338. The number of aromatic nitrogens is 2. The van der Waals surface area contributed by atoms with Gasteiger partial charge >= 0.3 is 0 Å². The molecule has 0 aliphatic rings. The summed E-state index contributed by atoms with van der Waals surface area (Å²) in [5.74, 6) is -0.168. The first-order chi connectivity index (χ1) is 7.84. The fourth-order valence-corrected chi connectivity index (χ4v) is 1.08. The van der Waals surface area contributed by atoms with E-state index < -0.39 is 0 Å². The molecule has 0 fully saturated rings. The predicted molar refractivity (Wildman–Crippen MR) is 57.6 cm³/mol. The van der Waals surface area contributed by atoms with Crippen LogP contribution in [-0.2, 0) is 0 Å². The highest BCUT2D eigenvalue weighted by atomic mass is 16.1. The Morgan fingerprint density at radius 2 is 2.38 bits per heavy atom. The molecular formula is C9H12N6O. The maximum absolute atomic E-state index is 11.5. The average molecular weight is 220 g/mol. The Morgan fingerprint density at radius 1 is 1.50 bits per heavy atom. The summed E-state index contributed by atoms with van der Waals surface area (Å²) in [7, 11) is 0. The second-order valence-electron chi connectivity index (χ2n) is 3.05. The van der Waals surface area contributed by atoms with Crippen molar-refractivity contribution in [2.24, 2.45) is 5.11 Å². The second kappa shape index (κ2) is 7.19. The van der Waals surface area contributed by atoms with Gasteiger partial charge in [0.2, 0.25) is 0 Å². The van der Waals surface area contributed by atoms with Crippen molar-refractivity contribution < 1.29 is 4.79 Å². The number of nitrogens with one attached hydrogen (secondary N) is 1. The second-order valence-corrected chi connectivity index (χ2v) is 3.05. The van der Waals surface area contributed by atoms with Gasteiger partial charge in [0.15, 0.2) is 0 Å². The molecule has 0 radical (unpaired) electrons. The molecule has 16 heavy (non-hydrogen) atoms. The lowest BCUT2D eigenvalue weighted by molar-refractivity contribution is 0.0952.